The minimum Gasteiger partial charge on any atom is -0.385 e. The first-order valence-corrected chi connectivity index (χ1v) is 4.86. The molecule has 1 rings (SSSR count). The van der Waals surface area contributed by atoms with Crippen LogP contribution in [0.1, 0.15) is 44.5 Å². The average molecular weight is 200 g/mol. The molecule has 0 saturated heterocycles. The predicted octanol–water partition coefficient (Wildman–Crippen LogP) is 1.44. The molecule has 0 aliphatic carbocycles. The van der Waals surface area contributed by atoms with Crippen LogP contribution in [0.15, 0.2) is 4.52 Å². The van der Waals surface area contributed by atoms with Gasteiger partial charge in [0.25, 0.3) is 5.89 Å². The number of nitrogens with zero attached hydrogens (tertiary/aromatic N) is 2. The van der Waals surface area contributed by atoms with Gasteiger partial charge in [0.1, 0.15) is 12.7 Å². The molecule has 0 radical (unpaired) electrons. The van der Waals surface area contributed by atoms with E-state index in [0.717, 1.165) is 6.42 Å². The van der Waals surface area contributed by atoms with Gasteiger partial charge in [-0.3, -0.25) is 0 Å². The first kappa shape index (κ1) is 11.1. The topological polar surface area (TPSA) is 68.4 Å². The zero-order chi connectivity index (χ0) is 10.4. The normalized spacial score (nSPS) is 13.1. The van der Waals surface area contributed by atoms with Gasteiger partial charge in [-0.15, -0.1) is 0 Å². The highest BCUT2D eigenvalue weighted by molar-refractivity contribution is 4.89. The second-order valence-electron chi connectivity index (χ2n) is 3.02. The van der Waals surface area contributed by atoms with Crippen molar-refractivity contribution in [2.24, 2.45) is 0 Å². The van der Waals surface area contributed by atoms with Gasteiger partial charge in [-0.2, -0.15) is 4.98 Å². The van der Waals surface area contributed by atoms with Gasteiger partial charge in [-0.25, -0.2) is 0 Å². The van der Waals surface area contributed by atoms with Crippen molar-refractivity contribution in [1.29, 1.82) is 0 Å². The lowest BCUT2D eigenvalue weighted by Crippen LogP contribution is -1.99. The largest absolute Gasteiger partial charge is 0.385 e. The smallest absolute Gasteiger partial charge is 0.252 e. The molecule has 0 aliphatic rings. The summed E-state index contributed by atoms with van der Waals surface area (Å²) in [5.74, 6) is 0.753. The number of aliphatic hydroxyl groups excluding tert-OH is 1. The van der Waals surface area contributed by atoms with E-state index in [-0.39, 0.29) is 0 Å². The molecule has 0 amide bonds. The fourth-order valence-corrected chi connectivity index (χ4v) is 0.948. The van der Waals surface area contributed by atoms with Crippen LogP contribution in [0.3, 0.4) is 0 Å². The molecule has 80 valence electrons. The summed E-state index contributed by atoms with van der Waals surface area (Å²) in [4.78, 5) is 4.00. The van der Waals surface area contributed by atoms with Gasteiger partial charge in [-0.1, -0.05) is 19.0 Å². The molecule has 0 aliphatic heterocycles. The van der Waals surface area contributed by atoms with E-state index in [1.807, 2.05) is 13.8 Å². The maximum atomic E-state index is 9.39. The summed E-state index contributed by atoms with van der Waals surface area (Å²) >= 11 is 0. The fourth-order valence-electron chi connectivity index (χ4n) is 0.948. The molecule has 0 spiro atoms. The minimum atomic E-state index is -0.640. The Balaban J connectivity index is 2.42. The van der Waals surface area contributed by atoms with Crippen LogP contribution in [0.5, 0.6) is 0 Å². The third-order valence-electron chi connectivity index (χ3n) is 1.74. The van der Waals surface area contributed by atoms with E-state index in [1.165, 1.54) is 0 Å². The lowest BCUT2D eigenvalue weighted by Gasteiger charge is -1.98. The Morgan fingerprint density at radius 2 is 2.29 bits per heavy atom. The summed E-state index contributed by atoms with van der Waals surface area (Å²) in [7, 11) is 0. The Labute approximate surface area is 83.1 Å². The van der Waals surface area contributed by atoms with E-state index in [9.17, 15) is 5.11 Å². The first-order valence-electron chi connectivity index (χ1n) is 4.86. The first-order chi connectivity index (χ1) is 6.77. The Hall–Kier alpha value is -0.940. The van der Waals surface area contributed by atoms with Gasteiger partial charge < -0.3 is 14.4 Å². The number of aliphatic hydroxyl groups is 1. The van der Waals surface area contributed by atoms with Crippen LogP contribution in [0, 0.1) is 0 Å². The van der Waals surface area contributed by atoms with Gasteiger partial charge in [-0.05, 0) is 12.8 Å². The summed E-state index contributed by atoms with van der Waals surface area (Å²) in [6, 6.07) is 0. The van der Waals surface area contributed by atoms with Gasteiger partial charge in [0, 0.05) is 6.61 Å². The standard InChI is InChI=1S/C9H16N2O3/c1-3-5-13-6-8-10-9(11-14-8)7(12)4-2/h7,12H,3-6H2,1-2H3. The van der Waals surface area contributed by atoms with Crippen molar-refractivity contribution in [3.63, 3.8) is 0 Å². The maximum absolute atomic E-state index is 9.39. The summed E-state index contributed by atoms with van der Waals surface area (Å²) in [6.45, 7) is 4.87. The summed E-state index contributed by atoms with van der Waals surface area (Å²) in [6.07, 6.45) is 0.895. The monoisotopic (exact) mass is 200 g/mol. The molecule has 14 heavy (non-hydrogen) atoms. The second-order valence-corrected chi connectivity index (χ2v) is 3.02. The van der Waals surface area contributed by atoms with Crippen LogP contribution in [-0.2, 0) is 11.3 Å². The molecule has 0 saturated carbocycles. The molecule has 1 unspecified atom stereocenters. The van der Waals surface area contributed by atoms with Crippen molar-refractivity contribution in [3.05, 3.63) is 11.7 Å². The Kier molecular flexibility index (Phi) is 4.55. The van der Waals surface area contributed by atoms with E-state index < -0.39 is 6.10 Å². The number of ether oxygens (including phenoxy) is 1. The van der Waals surface area contributed by atoms with Crippen LogP contribution >= 0.6 is 0 Å². The number of aromatic nitrogens is 2. The lowest BCUT2D eigenvalue weighted by molar-refractivity contribution is 0.0980. The van der Waals surface area contributed by atoms with Gasteiger partial charge >= 0.3 is 0 Å². The SMILES string of the molecule is CCCOCc1nc(C(O)CC)no1. The number of hydrogen-bond donors (Lipinski definition) is 1. The molecule has 0 aromatic carbocycles. The van der Waals surface area contributed by atoms with Crippen molar-refractivity contribution in [1.82, 2.24) is 10.1 Å². The molecule has 1 aromatic heterocycles. The second kappa shape index (κ2) is 5.72. The highest BCUT2D eigenvalue weighted by atomic mass is 16.5. The molecule has 1 heterocycles. The Morgan fingerprint density at radius 3 is 2.93 bits per heavy atom. The zero-order valence-corrected chi connectivity index (χ0v) is 8.56. The van der Waals surface area contributed by atoms with Crippen LogP contribution in [0.25, 0.3) is 0 Å². The molecule has 1 N–H and O–H groups in total. The van der Waals surface area contributed by atoms with E-state index in [1.54, 1.807) is 0 Å². The predicted molar refractivity (Wildman–Crippen MR) is 49.5 cm³/mol. The molecule has 0 bridgehead atoms. The van der Waals surface area contributed by atoms with E-state index >= 15 is 0 Å². The van der Waals surface area contributed by atoms with E-state index in [0.29, 0.717) is 31.3 Å². The van der Waals surface area contributed by atoms with Crippen molar-refractivity contribution in [3.8, 4) is 0 Å². The van der Waals surface area contributed by atoms with Crippen LogP contribution in [0.4, 0.5) is 0 Å². The molecule has 5 heteroatoms. The van der Waals surface area contributed by atoms with Crippen LogP contribution < -0.4 is 0 Å². The minimum absolute atomic E-state index is 0.317. The Bertz CT molecular complexity index is 262. The average Bonchev–Trinajstić information content (AvgIpc) is 2.66. The highest BCUT2D eigenvalue weighted by Crippen LogP contribution is 2.12. The molecular weight excluding hydrogens is 184 g/mol. The van der Waals surface area contributed by atoms with Gasteiger partial charge in [0.15, 0.2) is 5.82 Å². The molecule has 0 fully saturated rings. The van der Waals surface area contributed by atoms with Crippen LogP contribution in [-0.4, -0.2) is 21.9 Å². The number of hydrogen-bond acceptors (Lipinski definition) is 5. The zero-order valence-electron chi connectivity index (χ0n) is 8.56. The molecule has 5 nitrogen and oxygen atoms in total. The maximum Gasteiger partial charge on any atom is 0.252 e. The summed E-state index contributed by atoms with van der Waals surface area (Å²) in [5.41, 5.74) is 0. The molecular formula is C9H16N2O3. The van der Waals surface area contributed by atoms with E-state index in [2.05, 4.69) is 10.1 Å². The van der Waals surface area contributed by atoms with Crippen molar-refractivity contribution in [2.75, 3.05) is 6.61 Å². The quantitative estimate of drug-likeness (QED) is 0.704. The Morgan fingerprint density at radius 1 is 1.50 bits per heavy atom. The van der Waals surface area contributed by atoms with Crippen LogP contribution in [0.2, 0.25) is 0 Å². The van der Waals surface area contributed by atoms with E-state index in [4.69, 9.17) is 9.26 Å². The lowest BCUT2D eigenvalue weighted by atomic mass is 10.3. The van der Waals surface area contributed by atoms with Crippen molar-refractivity contribution >= 4 is 0 Å². The third kappa shape index (κ3) is 3.08. The van der Waals surface area contributed by atoms with Gasteiger partial charge in [0.2, 0.25) is 0 Å². The van der Waals surface area contributed by atoms with Crippen molar-refractivity contribution < 1.29 is 14.4 Å². The van der Waals surface area contributed by atoms with Gasteiger partial charge in [0.05, 0.1) is 0 Å². The van der Waals surface area contributed by atoms with Crippen molar-refractivity contribution in [2.45, 2.75) is 39.4 Å². The summed E-state index contributed by atoms with van der Waals surface area (Å²) < 4.78 is 10.1. The molecule has 1 atom stereocenters. The molecule has 1 aromatic rings. The fraction of sp³-hybridized carbons (Fsp3) is 0.778. The third-order valence-corrected chi connectivity index (χ3v) is 1.74. The highest BCUT2D eigenvalue weighted by Gasteiger charge is 2.13. The summed E-state index contributed by atoms with van der Waals surface area (Å²) in [5, 5.41) is 13.0. The number of rotatable bonds is 6.